The highest BCUT2D eigenvalue weighted by atomic mass is 32.2. The zero-order valence-electron chi connectivity index (χ0n) is 12.4. The third-order valence-electron chi connectivity index (χ3n) is 3.17. The molecule has 2 amide bonds. The van der Waals surface area contributed by atoms with E-state index in [9.17, 15) is 9.59 Å². The average molecular weight is 343 g/mol. The first-order valence-corrected chi connectivity index (χ1v) is 8.02. The fourth-order valence-corrected chi connectivity index (χ4v) is 2.41. The van der Waals surface area contributed by atoms with Crippen molar-refractivity contribution in [2.24, 2.45) is 5.10 Å². The number of hydrogen-bond donors (Lipinski definition) is 2. The number of hydroxylamine groups is 1. The van der Waals surface area contributed by atoms with Crippen molar-refractivity contribution in [3.63, 3.8) is 0 Å². The van der Waals surface area contributed by atoms with E-state index in [1.54, 1.807) is 35.9 Å². The lowest BCUT2D eigenvalue weighted by Gasteiger charge is -2.28. The van der Waals surface area contributed by atoms with Crippen LogP contribution in [-0.2, 0) is 4.79 Å². The number of anilines is 1. The summed E-state index contributed by atoms with van der Waals surface area (Å²) in [5.41, 5.74) is 6.49. The highest BCUT2D eigenvalue weighted by Crippen LogP contribution is 2.43. The number of carboxylic acid groups (broad SMARTS) is 1. The molecule has 3 aliphatic rings. The Balaban J connectivity index is 0.000000203. The molecule has 1 heterocycles. The molecule has 2 N–H and O–H groups in total. The lowest BCUT2D eigenvalue weighted by Crippen LogP contribution is -2.34. The van der Waals surface area contributed by atoms with E-state index in [1.165, 1.54) is 11.8 Å². The van der Waals surface area contributed by atoms with Gasteiger partial charge < -0.3 is 9.94 Å². The Morgan fingerprint density at radius 3 is 2.46 bits per heavy atom. The number of thioether (sulfide) groups is 1. The quantitative estimate of drug-likeness (QED) is 0.714. The molecule has 0 aromatic heterocycles. The van der Waals surface area contributed by atoms with E-state index in [0.29, 0.717) is 17.2 Å². The van der Waals surface area contributed by atoms with Gasteiger partial charge in [0.05, 0.1) is 17.0 Å². The van der Waals surface area contributed by atoms with Gasteiger partial charge in [0, 0.05) is 5.56 Å². The Kier molecular flexibility index (Phi) is 4.66. The minimum atomic E-state index is -1.13. The fraction of sp³-hybridized carbons (Fsp3) is 0.0625. The summed E-state index contributed by atoms with van der Waals surface area (Å²) in [6.45, 7) is 0. The number of nitrogens with zero attached hydrogens (tertiary/aromatic N) is 2. The molecular formula is C16H13N3O4S. The number of nitrogens with one attached hydrogen (secondary N) is 1. The number of hydrogen-bond acceptors (Lipinski definition) is 5. The normalized spacial score (nSPS) is 13.2. The molecule has 1 aliphatic heterocycles. The van der Waals surface area contributed by atoms with Gasteiger partial charge in [-0.05, 0) is 23.8 Å². The molecule has 0 bridgehead atoms. The molecule has 0 radical (unpaired) electrons. The monoisotopic (exact) mass is 343 g/mol. The third kappa shape index (κ3) is 3.49. The van der Waals surface area contributed by atoms with Crippen LogP contribution in [0.3, 0.4) is 0 Å². The van der Waals surface area contributed by atoms with Gasteiger partial charge in [0.1, 0.15) is 0 Å². The molecule has 0 fully saturated rings. The molecule has 2 aliphatic carbocycles. The van der Waals surface area contributed by atoms with Gasteiger partial charge >= 0.3 is 6.09 Å². The predicted octanol–water partition coefficient (Wildman–Crippen LogP) is 2.94. The average Bonchev–Trinajstić information content (AvgIpc) is 2.57. The van der Waals surface area contributed by atoms with Gasteiger partial charge in [-0.2, -0.15) is 5.10 Å². The number of fused-ring (bicyclic) bond motifs is 1. The topological polar surface area (TPSA) is 91.2 Å². The minimum Gasteiger partial charge on any atom is -0.463 e. The van der Waals surface area contributed by atoms with Crippen LogP contribution in [0.25, 0.3) is 11.1 Å². The highest BCUT2D eigenvalue weighted by Gasteiger charge is 2.27. The molecule has 122 valence electrons. The lowest BCUT2D eigenvalue weighted by molar-refractivity contribution is -0.118. The van der Waals surface area contributed by atoms with Crippen LogP contribution in [0, 0.1) is 0 Å². The molecule has 24 heavy (non-hydrogen) atoms. The molecule has 0 spiro atoms. The summed E-state index contributed by atoms with van der Waals surface area (Å²) in [5, 5.41) is 13.5. The van der Waals surface area contributed by atoms with E-state index in [0.717, 1.165) is 16.2 Å². The number of benzene rings is 2. The maximum Gasteiger partial charge on any atom is 0.445 e. The molecular weight excluding hydrogens is 330 g/mol. The Labute approximate surface area is 141 Å². The number of carbonyl (C=O) groups excluding carboxylic acids is 1. The van der Waals surface area contributed by atoms with E-state index in [1.807, 2.05) is 18.2 Å². The van der Waals surface area contributed by atoms with Gasteiger partial charge in [-0.25, -0.2) is 10.2 Å². The standard InChI is InChI=1S/C13H9NO3.C3H4N2OS/c15-13(16)14(12-8-9-6-7-11(9)12)17-10-4-2-1-3-5-10;6-3-1-7-2-4-5-3/h1-8H,(H,15,16);2H,1H2,(H,5,6). The highest BCUT2D eigenvalue weighted by molar-refractivity contribution is 8.12. The molecule has 8 heteroatoms. The van der Waals surface area contributed by atoms with E-state index in [2.05, 4.69) is 10.5 Å². The van der Waals surface area contributed by atoms with Crippen LogP contribution in [-0.4, -0.2) is 28.4 Å². The van der Waals surface area contributed by atoms with Crippen LogP contribution in [0.4, 0.5) is 10.5 Å². The van der Waals surface area contributed by atoms with Gasteiger partial charge in [-0.1, -0.05) is 30.3 Å². The van der Waals surface area contributed by atoms with E-state index in [4.69, 9.17) is 9.94 Å². The number of rotatable bonds is 3. The number of para-hydroxylation sites is 1. The number of hydrazone groups is 1. The Morgan fingerprint density at radius 2 is 2.04 bits per heavy atom. The molecule has 0 atom stereocenters. The van der Waals surface area contributed by atoms with Crippen LogP contribution < -0.4 is 15.3 Å². The van der Waals surface area contributed by atoms with Crippen molar-refractivity contribution >= 4 is 35.0 Å². The number of amides is 2. The summed E-state index contributed by atoms with van der Waals surface area (Å²) in [6.07, 6.45) is -1.13. The van der Waals surface area contributed by atoms with E-state index in [-0.39, 0.29) is 5.91 Å². The van der Waals surface area contributed by atoms with Gasteiger partial charge in [-0.3, -0.25) is 4.79 Å². The van der Waals surface area contributed by atoms with Crippen molar-refractivity contribution in [2.75, 3.05) is 10.8 Å². The second-order valence-corrected chi connectivity index (χ2v) is 5.63. The summed E-state index contributed by atoms with van der Waals surface area (Å²) in [5.74, 6) is 0.976. The van der Waals surface area contributed by atoms with Crippen LogP contribution in [0.5, 0.6) is 5.75 Å². The van der Waals surface area contributed by atoms with Crippen molar-refractivity contribution in [1.29, 1.82) is 0 Å². The SMILES string of the molecule is O=C(O)N(Oc1ccccc1)c1cc2ccc1-2.O=C1CSC=NN1. The zero-order chi connectivity index (χ0) is 16.9. The zero-order valence-corrected chi connectivity index (χ0v) is 13.2. The largest absolute Gasteiger partial charge is 0.463 e. The maximum atomic E-state index is 11.1. The summed E-state index contributed by atoms with van der Waals surface area (Å²) >= 11 is 1.40. The van der Waals surface area contributed by atoms with Gasteiger partial charge in [0.2, 0.25) is 5.91 Å². The van der Waals surface area contributed by atoms with Gasteiger partial charge in [-0.15, -0.1) is 16.8 Å². The molecule has 0 saturated heterocycles. The van der Waals surface area contributed by atoms with Gasteiger partial charge in [0.15, 0.2) is 5.75 Å². The van der Waals surface area contributed by atoms with Gasteiger partial charge in [0.25, 0.3) is 0 Å². The van der Waals surface area contributed by atoms with Crippen molar-refractivity contribution in [3.05, 3.63) is 48.5 Å². The summed E-state index contributed by atoms with van der Waals surface area (Å²) in [7, 11) is 0. The fourth-order valence-electron chi connectivity index (χ4n) is 2.00. The third-order valence-corrected chi connectivity index (χ3v) is 3.86. The predicted molar refractivity (Wildman–Crippen MR) is 92.1 cm³/mol. The molecule has 7 nitrogen and oxygen atoms in total. The Bertz CT molecular complexity index is 795. The van der Waals surface area contributed by atoms with E-state index >= 15 is 0 Å². The summed E-state index contributed by atoms with van der Waals surface area (Å²) in [4.78, 5) is 26.7. The van der Waals surface area contributed by atoms with Crippen LogP contribution in [0.2, 0.25) is 0 Å². The summed E-state index contributed by atoms with van der Waals surface area (Å²) in [6, 6.07) is 14.4. The molecule has 1 aromatic rings. The molecule has 0 unspecified atom stereocenters. The van der Waals surface area contributed by atoms with Crippen molar-refractivity contribution in [3.8, 4) is 16.9 Å². The van der Waals surface area contributed by atoms with E-state index < -0.39 is 6.09 Å². The smallest absolute Gasteiger partial charge is 0.445 e. The summed E-state index contributed by atoms with van der Waals surface area (Å²) < 4.78 is 0. The Morgan fingerprint density at radius 1 is 1.25 bits per heavy atom. The molecule has 1 aromatic carbocycles. The number of carbonyl (C=O) groups is 2. The van der Waals surface area contributed by atoms with Crippen LogP contribution >= 0.6 is 11.8 Å². The first-order valence-electron chi connectivity index (χ1n) is 6.97. The minimum absolute atomic E-state index is 0.0208. The second kappa shape index (κ2) is 7.05. The van der Waals surface area contributed by atoms with Crippen LogP contribution in [0.15, 0.2) is 53.6 Å². The molecule has 0 saturated carbocycles. The van der Waals surface area contributed by atoms with Crippen molar-refractivity contribution in [1.82, 2.24) is 5.43 Å². The lowest BCUT2D eigenvalue weighted by atomic mass is 9.91. The van der Waals surface area contributed by atoms with Crippen molar-refractivity contribution in [2.45, 2.75) is 0 Å². The first kappa shape index (κ1) is 15.9. The second-order valence-electron chi connectivity index (χ2n) is 4.79. The first-order chi connectivity index (χ1) is 11.6. The molecule has 4 rings (SSSR count). The maximum absolute atomic E-state index is 11.1. The van der Waals surface area contributed by atoms with Crippen molar-refractivity contribution < 1.29 is 19.5 Å². The Hall–Kier alpha value is -3.00. The van der Waals surface area contributed by atoms with Crippen LogP contribution in [0.1, 0.15) is 0 Å².